The SMILES string of the molecule is CSc1nc2cc(C)n(CC(=O)N[C@@H](C)CCc3ccccc3)c2c(=O)n1CC(C)C. The normalized spacial score (nSPS) is 12.5. The Balaban J connectivity index is 1.78. The third-order valence-corrected chi connectivity index (χ3v) is 6.00. The molecule has 1 N–H and O–H groups in total. The van der Waals surface area contributed by atoms with Gasteiger partial charge in [0.05, 0.1) is 5.52 Å². The van der Waals surface area contributed by atoms with E-state index in [1.54, 1.807) is 9.13 Å². The number of carbonyl (C=O) groups excluding carboxylic acids is 1. The van der Waals surface area contributed by atoms with Crippen molar-refractivity contribution in [1.82, 2.24) is 19.4 Å². The van der Waals surface area contributed by atoms with Crippen LogP contribution in [0.1, 0.15) is 38.4 Å². The molecule has 0 unspecified atom stereocenters. The van der Waals surface area contributed by atoms with Gasteiger partial charge >= 0.3 is 0 Å². The van der Waals surface area contributed by atoms with E-state index in [1.165, 1.54) is 17.3 Å². The molecule has 0 saturated carbocycles. The number of hydrogen-bond acceptors (Lipinski definition) is 4. The summed E-state index contributed by atoms with van der Waals surface area (Å²) in [6.07, 6.45) is 3.70. The van der Waals surface area contributed by atoms with Crippen LogP contribution in [0, 0.1) is 12.8 Å². The average Bonchev–Trinajstić information content (AvgIpc) is 3.04. The summed E-state index contributed by atoms with van der Waals surface area (Å²) in [5.74, 6) is 0.228. The lowest BCUT2D eigenvalue weighted by Gasteiger charge is -2.16. The maximum Gasteiger partial charge on any atom is 0.278 e. The topological polar surface area (TPSA) is 68.9 Å². The van der Waals surface area contributed by atoms with Gasteiger partial charge in [-0.3, -0.25) is 14.2 Å². The quantitative estimate of drug-likeness (QED) is 0.403. The van der Waals surface area contributed by atoms with Gasteiger partial charge in [0, 0.05) is 18.3 Å². The largest absolute Gasteiger partial charge is 0.352 e. The zero-order valence-corrected chi connectivity index (χ0v) is 19.8. The zero-order chi connectivity index (χ0) is 22.5. The molecule has 0 aliphatic heterocycles. The molecule has 3 aromatic rings. The van der Waals surface area contributed by atoms with Crippen molar-refractivity contribution < 1.29 is 4.79 Å². The van der Waals surface area contributed by atoms with Crippen LogP contribution in [-0.2, 0) is 24.3 Å². The van der Waals surface area contributed by atoms with Gasteiger partial charge in [-0.1, -0.05) is 55.9 Å². The number of rotatable bonds is 9. The Hall–Kier alpha value is -2.54. The number of aromatic nitrogens is 3. The van der Waals surface area contributed by atoms with E-state index in [4.69, 9.17) is 4.98 Å². The third kappa shape index (κ3) is 5.58. The Labute approximate surface area is 188 Å². The number of carbonyl (C=O) groups is 1. The van der Waals surface area contributed by atoms with Gasteiger partial charge in [-0.25, -0.2) is 4.98 Å². The summed E-state index contributed by atoms with van der Waals surface area (Å²) >= 11 is 1.47. The summed E-state index contributed by atoms with van der Waals surface area (Å²) in [6, 6.07) is 12.2. The Morgan fingerprint density at radius 1 is 1.16 bits per heavy atom. The number of amides is 1. The molecule has 166 valence electrons. The van der Waals surface area contributed by atoms with Gasteiger partial charge in [0.2, 0.25) is 5.91 Å². The summed E-state index contributed by atoms with van der Waals surface area (Å²) < 4.78 is 3.53. The molecule has 0 bridgehead atoms. The second-order valence-corrected chi connectivity index (χ2v) is 9.28. The molecule has 31 heavy (non-hydrogen) atoms. The van der Waals surface area contributed by atoms with E-state index < -0.39 is 0 Å². The molecule has 1 amide bonds. The Kier molecular flexibility index (Phi) is 7.59. The number of nitrogens with zero attached hydrogens (tertiary/aromatic N) is 3. The lowest BCUT2D eigenvalue weighted by atomic mass is 10.1. The lowest BCUT2D eigenvalue weighted by molar-refractivity contribution is -0.122. The molecule has 0 radical (unpaired) electrons. The van der Waals surface area contributed by atoms with Crippen molar-refractivity contribution in [3.63, 3.8) is 0 Å². The molecule has 2 heterocycles. The summed E-state index contributed by atoms with van der Waals surface area (Å²) in [5, 5.41) is 3.79. The number of fused-ring (bicyclic) bond motifs is 1. The van der Waals surface area contributed by atoms with Gasteiger partial charge in [-0.2, -0.15) is 0 Å². The molecule has 2 aromatic heterocycles. The molecular formula is C24H32N4O2S. The maximum absolute atomic E-state index is 13.3. The van der Waals surface area contributed by atoms with Crippen LogP contribution >= 0.6 is 11.8 Å². The van der Waals surface area contributed by atoms with Crippen LogP contribution in [0.5, 0.6) is 0 Å². The fraction of sp³-hybridized carbons (Fsp3) is 0.458. The van der Waals surface area contributed by atoms with Crippen molar-refractivity contribution in [1.29, 1.82) is 0 Å². The minimum absolute atomic E-state index is 0.0497. The van der Waals surface area contributed by atoms with Gasteiger partial charge < -0.3 is 9.88 Å². The van der Waals surface area contributed by atoms with Crippen LogP contribution in [0.15, 0.2) is 46.3 Å². The number of hydrogen-bond donors (Lipinski definition) is 1. The van der Waals surface area contributed by atoms with E-state index >= 15 is 0 Å². The highest BCUT2D eigenvalue weighted by atomic mass is 32.2. The third-order valence-electron chi connectivity index (χ3n) is 5.33. The molecule has 0 saturated heterocycles. The minimum Gasteiger partial charge on any atom is -0.352 e. The molecule has 3 rings (SSSR count). The second-order valence-electron chi connectivity index (χ2n) is 8.51. The summed E-state index contributed by atoms with van der Waals surface area (Å²) in [7, 11) is 0. The predicted molar refractivity (Wildman–Crippen MR) is 128 cm³/mol. The fourth-order valence-electron chi connectivity index (χ4n) is 3.80. The van der Waals surface area contributed by atoms with Crippen molar-refractivity contribution in [3.8, 4) is 0 Å². The Morgan fingerprint density at radius 2 is 1.87 bits per heavy atom. The van der Waals surface area contributed by atoms with Crippen molar-refractivity contribution >= 4 is 28.7 Å². The van der Waals surface area contributed by atoms with E-state index in [-0.39, 0.29) is 24.1 Å². The van der Waals surface area contributed by atoms with Crippen LogP contribution in [-0.4, -0.2) is 32.3 Å². The summed E-state index contributed by atoms with van der Waals surface area (Å²) in [5.41, 5.74) is 3.19. The maximum atomic E-state index is 13.3. The van der Waals surface area contributed by atoms with Crippen LogP contribution in [0.2, 0.25) is 0 Å². The highest BCUT2D eigenvalue weighted by Crippen LogP contribution is 2.20. The molecular weight excluding hydrogens is 408 g/mol. The van der Waals surface area contributed by atoms with Crippen molar-refractivity contribution in [2.24, 2.45) is 5.92 Å². The van der Waals surface area contributed by atoms with Gasteiger partial charge in [0.15, 0.2) is 5.16 Å². The summed E-state index contributed by atoms with van der Waals surface area (Å²) in [4.78, 5) is 30.8. The van der Waals surface area contributed by atoms with Crippen LogP contribution in [0.3, 0.4) is 0 Å². The van der Waals surface area contributed by atoms with Crippen LogP contribution < -0.4 is 10.9 Å². The fourth-order valence-corrected chi connectivity index (χ4v) is 4.36. The minimum atomic E-state index is -0.0927. The van der Waals surface area contributed by atoms with Crippen LogP contribution in [0.25, 0.3) is 11.0 Å². The molecule has 0 aliphatic carbocycles. The first kappa shape index (κ1) is 23.1. The highest BCUT2D eigenvalue weighted by Gasteiger charge is 2.19. The molecule has 0 fully saturated rings. The van der Waals surface area contributed by atoms with Crippen molar-refractivity contribution in [2.45, 2.75) is 64.8 Å². The number of benzene rings is 1. The van der Waals surface area contributed by atoms with E-state index in [0.717, 1.165) is 18.5 Å². The molecule has 0 aliphatic rings. The predicted octanol–water partition coefficient (Wildman–Crippen LogP) is 4.02. The Bertz CT molecular complexity index is 1100. The number of aryl methyl sites for hydroxylation is 2. The molecule has 1 aromatic carbocycles. The van der Waals surface area contributed by atoms with E-state index in [9.17, 15) is 9.59 Å². The van der Waals surface area contributed by atoms with Gasteiger partial charge in [0.1, 0.15) is 12.1 Å². The first-order chi connectivity index (χ1) is 14.8. The van der Waals surface area contributed by atoms with Gasteiger partial charge in [-0.15, -0.1) is 0 Å². The van der Waals surface area contributed by atoms with Crippen molar-refractivity contribution in [3.05, 3.63) is 58.0 Å². The average molecular weight is 441 g/mol. The second kappa shape index (κ2) is 10.2. The highest BCUT2D eigenvalue weighted by molar-refractivity contribution is 7.98. The number of thioether (sulfide) groups is 1. The first-order valence-electron chi connectivity index (χ1n) is 10.8. The zero-order valence-electron chi connectivity index (χ0n) is 19.0. The molecule has 1 atom stereocenters. The van der Waals surface area contributed by atoms with E-state index in [1.807, 2.05) is 44.4 Å². The van der Waals surface area contributed by atoms with Crippen LogP contribution in [0.4, 0.5) is 0 Å². The monoisotopic (exact) mass is 440 g/mol. The smallest absolute Gasteiger partial charge is 0.278 e. The van der Waals surface area contributed by atoms with Crippen molar-refractivity contribution in [2.75, 3.05) is 6.26 Å². The van der Waals surface area contributed by atoms with E-state index in [0.29, 0.717) is 28.7 Å². The number of nitrogens with one attached hydrogen (secondary N) is 1. The molecule has 7 heteroatoms. The Morgan fingerprint density at radius 3 is 2.52 bits per heavy atom. The van der Waals surface area contributed by atoms with Gasteiger partial charge in [-0.05, 0) is 50.5 Å². The molecule has 6 nitrogen and oxygen atoms in total. The standard InChI is InChI=1S/C24H32N4O2S/c1-16(2)14-28-23(30)22-20(26-24(28)31-5)13-18(4)27(22)15-21(29)25-17(3)11-12-19-9-7-6-8-10-19/h6-10,13,16-17H,11-12,14-15H2,1-5H3,(H,25,29)/t17-/m0/s1. The van der Waals surface area contributed by atoms with Gasteiger partial charge in [0.25, 0.3) is 5.56 Å². The first-order valence-corrected chi connectivity index (χ1v) is 12.0. The lowest BCUT2D eigenvalue weighted by Crippen LogP contribution is -2.36. The summed E-state index contributed by atoms with van der Waals surface area (Å²) in [6.45, 7) is 8.81. The molecule has 0 spiro atoms. The van der Waals surface area contributed by atoms with E-state index in [2.05, 4.69) is 31.3 Å².